The quantitative estimate of drug-likeness (QED) is 0.533. The van der Waals surface area contributed by atoms with Crippen LogP contribution in [0.2, 0.25) is 0 Å². The normalized spacial score (nSPS) is 29.4. The lowest BCUT2D eigenvalue weighted by atomic mass is 9.70. The van der Waals surface area contributed by atoms with Crippen molar-refractivity contribution < 1.29 is 14.5 Å². The molecule has 0 amide bonds. The first kappa shape index (κ1) is 11.4. The van der Waals surface area contributed by atoms with Crippen molar-refractivity contribution in [2.75, 3.05) is 13.2 Å². The Balaban J connectivity index is 1.90. The molecule has 1 saturated carbocycles. The number of hydrogen-bond donors (Lipinski definition) is 0. The molecule has 0 bridgehead atoms. The molecule has 1 spiro atoms. The average molecular weight is 214 g/mol. The van der Waals surface area contributed by atoms with Gasteiger partial charge in [0.1, 0.15) is 0 Å². The van der Waals surface area contributed by atoms with Crippen LogP contribution in [0.15, 0.2) is 0 Å². The van der Waals surface area contributed by atoms with E-state index in [4.69, 9.17) is 14.5 Å². The van der Waals surface area contributed by atoms with Gasteiger partial charge in [0, 0.05) is 19.4 Å². The molecule has 2 rings (SSSR count). The molecule has 15 heavy (non-hydrogen) atoms. The fourth-order valence-electron chi connectivity index (χ4n) is 2.56. The molecule has 1 aliphatic heterocycles. The van der Waals surface area contributed by atoms with E-state index in [9.17, 15) is 0 Å². The third-order valence-corrected chi connectivity index (χ3v) is 3.77. The van der Waals surface area contributed by atoms with Gasteiger partial charge >= 0.3 is 0 Å². The zero-order chi connectivity index (χ0) is 10.9. The fraction of sp³-hybridized carbons (Fsp3) is 1.00. The SMILES string of the molecule is CCOCC(C)(C)C1CCCC2(C1)OO2. The molecule has 2 aliphatic rings. The van der Waals surface area contributed by atoms with Crippen LogP contribution in [0.5, 0.6) is 0 Å². The third kappa shape index (κ3) is 2.52. The van der Waals surface area contributed by atoms with E-state index in [0.717, 1.165) is 26.1 Å². The summed E-state index contributed by atoms with van der Waals surface area (Å²) < 4.78 is 5.56. The Bertz CT molecular complexity index is 221. The highest BCUT2D eigenvalue weighted by Gasteiger charge is 2.54. The van der Waals surface area contributed by atoms with Crippen LogP contribution in [-0.4, -0.2) is 19.0 Å². The molecular formula is C12H22O3. The molecule has 3 heteroatoms. The monoisotopic (exact) mass is 214 g/mol. The predicted octanol–water partition coefficient (Wildman–Crippen LogP) is 2.90. The first-order chi connectivity index (χ1) is 7.08. The molecule has 0 radical (unpaired) electrons. The standard InChI is InChI=1S/C12H22O3/c1-4-13-9-11(2,3)10-6-5-7-12(8-10)14-15-12/h10H,4-9H2,1-3H3. The zero-order valence-electron chi connectivity index (χ0n) is 10.0. The summed E-state index contributed by atoms with van der Waals surface area (Å²) in [6.07, 6.45) is 4.58. The van der Waals surface area contributed by atoms with Gasteiger partial charge in [0.05, 0.1) is 6.61 Å². The molecular weight excluding hydrogens is 192 g/mol. The Hall–Kier alpha value is -0.120. The van der Waals surface area contributed by atoms with Gasteiger partial charge in [-0.1, -0.05) is 13.8 Å². The Morgan fingerprint density at radius 2 is 2.13 bits per heavy atom. The number of rotatable bonds is 4. The second-order valence-corrected chi connectivity index (χ2v) is 5.50. The van der Waals surface area contributed by atoms with Gasteiger partial charge in [-0.3, -0.25) is 0 Å². The van der Waals surface area contributed by atoms with E-state index < -0.39 is 0 Å². The van der Waals surface area contributed by atoms with Crippen molar-refractivity contribution in [1.82, 2.24) is 0 Å². The summed E-state index contributed by atoms with van der Waals surface area (Å²) in [5.74, 6) is 0.451. The summed E-state index contributed by atoms with van der Waals surface area (Å²) in [7, 11) is 0. The topological polar surface area (TPSA) is 34.3 Å². The summed E-state index contributed by atoms with van der Waals surface area (Å²) >= 11 is 0. The lowest BCUT2D eigenvalue weighted by Crippen LogP contribution is -2.36. The maximum atomic E-state index is 5.56. The average Bonchev–Trinajstić information content (AvgIpc) is 2.95. The Morgan fingerprint density at radius 1 is 1.40 bits per heavy atom. The fourth-order valence-corrected chi connectivity index (χ4v) is 2.56. The van der Waals surface area contributed by atoms with Gasteiger partial charge in [-0.2, -0.15) is 9.78 Å². The van der Waals surface area contributed by atoms with E-state index in [1.54, 1.807) is 0 Å². The number of hydrogen-bond acceptors (Lipinski definition) is 3. The molecule has 1 saturated heterocycles. The maximum Gasteiger partial charge on any atom is 0.234 e. The van der Waals surface area contributed by atoms with Crippen molar-refractivity contribution in [3.05, 3.63) is 0 Å². The molecule has 88 valence electrons. The zero-order valence-corrected chi connectivity index (χ0v) is 10.0. The van der Waals surface area contributed by atoms with Gasteiger partial charge in [-0.05, 0) is 31.1 Å². The van der Waals surface area contributed by atoms with E-state index in [0.29, 0.717) is 5.92 Å². The van der Waals surface area contributed by atoms with E-state index in [1.165, 1.54) is 12.8 Å². The van der Waals surface area contributed by atoms with Crippen molar-refractivity contribution >= 4 is 0 Å². The van der Waals surface area contributed by atoms with Crippen LogP contribution in [-0.2, 0) is 14.5 Å². The molecule has 1 atom stereocenters. The molecule has 3 nitrogen and oxygen atoms in total. The van der Waals surface area contributed by atoms with Gasteiger partial charge < -0.3 is 4.74 Å². The van der Waals surface area contributed by atoms with E-state index in [-0.39, 0.29) is 11.2 Å². The lowest BCUT2D eigenvalue weighted by molar-refractivity contribution is 0.00758. The van der Waals surface area contributed by atoms with E-state index in [1.807, 2.05) is 6.92 Å². The smallest absolute Gasteiger partial charge is 0.234 e. The largest absolute Gasteiger partial charge is 0.381 e. The predicted molar refractivity (Wildman–Crippen MR) is 57.1 cm³/mol. The summed E-state index contributed by atoms with van der Waals surface area (Å²) in [5, 5.41) is 0. The van der Waals surface area contributed by atoms with Crippen LogP contribution < -0.4 is 0 Å². The van der Waals surface area contributed by atoms with E-state index in [2.05, 4.69) is 13.8 Å². The van der Waals surface area contributed by atoms with Gasteiger partial charge in [-0.25, -0.2) is 0 Å². The molecule has 0 aromatic heterocycles. The molecule has 1 unspecified atom stereocenters. The van der Waals surface area contributed by atoms with Crippen molar-refractivity contribution in [2.45, 2.75) is 52.2 Å². The molecule has 0 N–H and O–H groups in total. The van der Waals surface area contributed by atoms with Crippen molar-refractivity contribution in [3.8, 4) is 0 Å². The molecule has 2 fully saturated rings. The van der Waals surface area contributed by atoms with Crippen LogP contribution in [0, 0.1) is 11.3 Å². The molecule has 1 heterocycles. The van der Waals surface area contributed by atoms with Gasteiger partial charge in [0.15, 0.2) is 0 Å². The molecule has 0 aromatic rings. The molecule has 1 aliphatic carbocycles. The third-order valence-electron chi connectivity index (χ3n) is 3.77. The van der Waals surface area contributed by atoms with Gasteiger partial charge in [-0.15, -0.1) is 0 Å². The van der Waals surface area contributed by atoms with Gasteiger partial charge in [0.2, 0.25) is 5.79 Å². The highest BCUT2D eigenvalue weighted by atomic mass is 17.4. The minimum absolute atomic E-state index is 0.202. The summed E-state index contributed by atoms with van der Waals surface area (Å²) in [5.41, 5.74) is 0.235. The van der Waals surface area contributed by atoms with E-state index >= 15 is 0 Å². The maximum absolute atomic E-state index is 5.56. The van der Waals surface area contributed by atoms with Crippen molar-refractivity contribution in [1.29, 1.82) is 0 Å². The highest BCUT2D eigenvalue weighted by molar-refractivity contribution is 4.90. The first-order valence-corrected chi connectivity index (χ1v) is 6.03. The highest BCUT2D eigenvalue weighted by Crippen LogP contribution is 2.50. The Morgan fingerprint density at radius 3 is 2.73 bits per heavy atom. The lowest BCUT2D eigenvalue weighted by Gasteiger charge is -2.37. The second-order valence-electron chi connectivity index (χ2n) is 5.50. The number of ether oxygens (including phenoxy) is 1. The second kappa shape index (κ2) is 4.04. The Kier molecular flexibility index (Phi) is 3.06. The van der Waals surface area contributed by atoms with Crippen molar-refractivity contribution in [2.24, 2.45) is 11.3 Å². The van der Waals surface area contributed by atoms with Gasteiger partial charge in [0.25, 0.3) is 0 Å². The van der Waals surface area contributed by atoms with Crippen LogP contribution >= 0.6 is 0 Å². The van der Waals surface area contributed by atoms with Crippen LogP contribution in [0.1, 0.15) is 46.5 Å². The van der Waals surface area contributed by atoms with Crippen LogP contribution in [0.25, 0.3) is 0 Å². The summed E-state index contributed by atoms with van der Waals surface area (Å²) in [4.78, 5) is 10.3. The Labute approximate surface area is 92.0 Å². The summed E-state index contributed by atoms with van der Waals surface area (Å²) in [6, 6.07) is 0. The summed E-state index contributed by atoms with van der Waals surface area (Å²) in [6.45, 7) is 8.26. The van der Waals surface area contributed by atoms with Crippen LogP contribution in [0.4, 0.5) is 0 Å². The minimum atomic E-state index is -0.202. The first-order valence-electron chi connectivity index (χ1n) is 6.03. The van der Waals surface area contributed by atoms with Crippen molar-refractivity contribution in [3.63, 3.8) is 0 Å². The minimum Gasteiger partial charge on any atom is -0.381 e. The molecule has 0 aromatic carbocycles. The van der Waals surface area contributed by atoms with Crippen LogP contribution in [0.3, 0.4) is 0 Å².